The third-order valence-corrected chi connectivity index (χ3v) is 6.89. The van der Waals surface area contributed by atoms with E-state index in [2.05, 4.69) is 18.7 Å². The fourth-order valence-electron chi connectivity index (χ4n) is 4.14. The molecule has 0 radical (unpaired) electrons. The number of nitrogens with zero attached hydrogens (tertiary/aromatic N) is 2. The van der Waals surface area contributed by atoms with Crippen molar-refractivity contribution in [1.29, 1.82) is 0 Å². The van der Waals surface area contributed by atoms with Crippen LogP contribution in [-0.2, 0) is 0 Å². The van der Waals surface area contributed by atoms with Crippen molar-refractivity contribution >= 4 is 40.2 Å². The maximum atomic E-state index is 13.5. The first-order chi connectivity index (χ1) is 15.0. The fourth-order valence-corrected chi connectivity index (χ4v) is 4.73. The minimum Gasteiger partial charge on any atom is -0.450 e. The zero-order chi connectivity index (χ0) is 22.1. The Balaban J connectivity index is 1.86. The molecule has 31 heavy (non-hydrogen) atoms. The molecule has 4 rings (SSSR count). The normalized spacial score (nSPS) is 15.8. The van der Waals surface area contributed by atoms with Crippen molar-refractivity contribution in [3.05, 3.63) is 74.6 Å². The average molecular weight is 457 g/mol. The lowest BCUT2D eigenvalue weighted by Crippen LogP contribution is -2.37. The van der Waals surface area contributed by atoms with E-state index in [1.807, 2.05) is 30.5 Å². The summed E-state index contributed by atoms with van der Waals surface area (Å²) < 4.78 is 5.97. The van der Waals surface area contributed by atoms with Crippen LogP contribution < -0.4 is 5.43 Å². The molecule has 3 aromatic rings. The molecule has 0 unspecified atom stereocenters. The van der Waals surface area contributed by atoms with Crippen LogP contribution in [0.1, 0.15) is 41.6 Å². The lowest BCUT2D eigenvalue weighted by atomic mass is 9.98. The molecule has 0 aliphatic carbocycles. The number of rotatable bonds is 7. The lowest BCUT2D eigenvalue weighted by Gasteiger charge is -2.28. The number of carbonyl (C=O) groups excluding carboxylic acids is 1. The largest absolute Gasteiger partial charge is 0.450 e. The molecule has 162 valence electrons. The van der Waals surface area contributed by atoms with Crippen LogP contribution in [-0.4, -0.2) is 48.1 Å². The van der Waals surface area contributed by atoms with Crippen LogP contribution in [0.15, 0.2) is 56.6 Å². The fraction of sp³-hybridized carbons (Fsp3) is 0.333. The van der Waals surface area contributed by atoms with E-state index >= 15 is 0 Å². The second-order valence-electron chi connectivity index (χ2n) is 7.52. The Kier molecular flexibility index (Phi) is 6.42. The quantitative estimate of drug-likeness (QED) is 0.465. The number of carbonyl (C=O) groups is 1. The van der Waals surface area contributed by atoms with Crippen molar-refractivity contribution < 1.29 is 9.21 Å². The molecule has 0 bridgehead atoms. The van der Waals surface area contributed by atoms with E-state index in [0.717, 1.165) is 30.1 Å². The molecule has 1 aliphatic heterocycles. The van der Waals surface area contributed by atoms with E-state index in [0.29, 0.717) is 28.1 Å². The number of thioether (sulfide) groups is 1. The van der Waals surface area contributed by atoms with E-state index in [9.17, 15) is 9.59 Å². The van der Waals surface area contributed by atoms with Gasteiger partial charge in [0.05, 0.1) is 17.0 Å². The SMILES string of the molecule is CCN(CC)CCN1C(=O)c2oc3ccc(Cl)cc3c(=O)c2[C@H]1c1ccc(SC)cc1. The van der Waals surface area contributed by atoms with Crippen molar-refractivity contribution in [3.8, 4) is 0 Å². The molecule has 0 saturated heterocycles. The third kappa shape index (κ3) is 4.00. The van der Waals surface area contributed by atoms with Crippen LogP contribution in [0.3, 0.4) is 0 Å². The van der Waals surface area contributed by atoms with E-state index in [1.165, 1.54) is 0 Å². The summed E-state index contributed by atoms with van der Waals surface area (Å²) in [6.45, 7) is 7.24. The van der Waals surface area contributed by atoms with Gasteiger partial charge in [-0.3, -0.25) is 9.59 Å². The molecule has 7 heteroatoms. The van der Waals surface area contributed by atoms with Gasteiger partial charge in [-0.1, -0.05) is 37.6 Å². The minimum absolute atomic E-state index is 0.137. The number of amides is 1. The predicted octanol–water partition coefficient (Wildman–Crippen LogP) is 5.06. The highest BCUT2D eigenvalue weighted by molar-refractivity contribution is 7.98. The summed E-state index contributed by atoms with van der Waals surface area (Å²) in [5, 5.41) is 0.860. The topological polar surface area (TPSA) is 53.8 Å². The van der Waals surface area contributed by atoms with Gasteiger partial charge in [0.1, 0.15) is 5.58 Å². The molecule has 2 heterocycles. The van der Waals surface area contributed by atoms with Crippen molar-refractivity contribution in [2.45, 2.75) is 24.8 Å². The van der Waals surface area contributed by atoms with Crippen molar-refractivity contribution in [2.75, 3.05) is 32.4 Å². The van der Waals surface area contributed by atoms with Gasteiger partial charge in [0, 0.05) is 23.0 Å². The second kappa shape index (κ2) is 9.07. The number of benzene rings is 2. The summed E-state index contributed by atoms with van der Waals surface area (Å²) in [5.74, 6) is -0.103. The first-order valence-corrected chi connectivity index (χ1v) is 12.0. The van der Waals surface area contributed by atoms with Gasteiger partial charge in [-0.25, -0.2) is 0 Å². The number of fused-ring (bicyclic) bond motifs is 2. The molecular weight excluding hydrogens is 432 g/mol. The molecule has 1 atom stereocenters. The van der Waals surface area contributed by atoms with Gasteiger partial charge in [0.2, 0.25) is 5.76 Å². The maximum Gasteiger partial charge on any atom is 0.290 e. The molecular formula is C24H25ClN2O3S. The van der Waals surface area contributed by atoms with Crippen LogP contribution in [0.2, 0.25) is 5.02 Å². The standard InChI is InChI=1S/C24H25ClN2O3S/c1-4-26(5-2)12-13-27-21(15-6-9-17(31-3)10-7-15)20-22(28)18-14-16(25)8-11-19(18)30-23(20)24(27)29/h6-11,14,21H,4-5,12-13H2,1-3H3/t21-/m1/s1. The summed E-state index contributed by atoms with van der Waals surface area (Å²) in [6.07, 6.45) is 2.02. The number of hydrogen-bond acceptors (Lipinski definition) is 5. The molecule has 1 aliphatic rings. The monoisotopic (exact) mass is 456 g/mol. The molecule has 5 nitrogen and oxygen atoms in total. The Labute approximate surface area is 191 Å². The molecule has 0 saturated carbocycles. The Hall–Kier alpha value is -2.28. The van der Waals surface area contributed by atoms with Gasteiger partial charge in [0.25, 0.3) is 5.91 Å². The lowest BCUT2D eigenvalue weighted by molar-refractivity contribution is 0.0708. The Morgan fingerprint density at radius 1 is 1.10 bits per heavy atom. The first kappa shape index (κ1) is 21.9. The van der Waals surface area contributed by atoms with Gasteiger partial charge in [-0.2, -0.15) is 0 Å². The van der Waals surface area contributed by atoms with Crippen molar-refractivity contribution in [3.63, 3.8) is 0 Å². The zero-order valence-electron chi connectivity index (χ0n) is 17.9. The highest BCUT2D eigenvalue weighted by Crippen LogP contribution is 2.38. The second-order valence-corrected chi connectivity index (χ2v) is 8.83. The predicted molar refractivity (Wildman–Crippen MR) is 126 cm³/mol. The number of hydrogen-bond donors (Lipinski definition) is 0. The number of likely N-dealkylation sites (N-methyl/N-ethyl adjacent to an activating group) is 1. The van der Waals surface area contributed by atoms with Crippen LogP contribution in [0.25, 0.3) is 11.0 Å². The molecule has 2 aromatic carbocycles. The van der Waals surface area contributed by atoms with Gasteiger partial charge in [-0.15, -0.1) is 11.8 Å². The molecule has 0 fully saturated rings. The molecule has 0 spiro atoms. The summed E-state index contributed by atoms with van der Waals surface area (Å²) >= 11 is 7.79. The highest BCUT2D eigenvalue weighted by atomic mass is 35.5. The summed E-state index contributed by atoms with van der Waals surface area (Å²) in [5.41, 5.74) is 1.48. The first-order valence-electron chi connectivity index (χ1n) is 10.4. The third-order valence-electron chi connectivity index (χ3n) is 5.91. The molecule has 0 N–H and O–H groups in total. The number of halogens is 1. The van der Waals surface area contributed by atoms with E-state index in [1.54, 1.807) is 34.9 Å². The summed E-state index contributed by atoms with van der Waals surface area (Å²) in [7, 11) is 0. The summed E-state index contributed by atoms with van der Waals surface area (Å²) in [6, 6.07) is 12.5. The molecule has 1 aromatic heterocycles. The van der Waals surface area contributed by atoms with Crippen LogP contribution in [0, 0.1) is 0 Å². The van der Waals surface area contributed by atoms with E-state index < -0.39 is 6.04 Å². The van der Waals surface area contributed by atoms with Crippen molar-refractivity contribution in [1.82, 2.24) is 9.80 Å². The van der Waals surface area contributed by atoms with Crippen molar-refractivity contribution in [2.24, 2.45) is 0 Å². The highest BCUT2D eigenvalue weighted by Gasteiger charge is 2.42. The van der Waals surface area contributed by atoms with Gasteiger partial charge in [0.15, 0.2) is 5.43 Å². The van der Waals surface area contributed by atoms with Gasteiger partial charge in [-0.05, 0) is 55.2 Å². The van der Waals surface area contributed by atoms with Crippen LogP contribution in [0.5, 0.6) is 0 Å². The van der Waals surface area contributed by atoms with Crippen LogP contribution in [0.4, 0.5) is 0 Å². The average Bonchev–Trinajstić information content (AvgIpc) is 3.07. The van der Waals surface area contributed by atoms with Gasteiger partial charge >= 0.3 is 0 Å². The Morgan fingerprint density at radius 3 is 2.45 bits per heavy atom. The van der Waals surface area contributed by atoms with Gasteiger partial charge < -0.3 is 14.2 Å². The Bertz CT molecular complexity index is 1170. The minimum atomic E-state index is -0.478. The van der Waals surface area contributed by atoms with E-state index in [4.69, 9.17) is 16.0 Å². The van der Waals surface area contributed by atoms with Crippen LogP contribution >= 0.6 is 23.4 Å². The smallest absolute Gasteiger partial charge is 0.290 e. The Morgan fingerprint density at radius 2 is 1.81 bits per heavy atom. The summed E-state index contributed by atoms with van der Waals surface area (Å²) in [4.78, 5) is 32.1. The zero-order valence-corrected chi connectivity index (χ0v) is 19.4. The maximum absolute atomic E-state index is 13.5. The van der Waals surface area contributed by atoms with E-state index in [-0.39, 0.29) is 17.1 Å². The molecule has 1 amide bonds.